The normalized spacial score (nSPS) is 17.7. The average Bonchev–Trinajstić information content (AvgIpc) is 3.22. The van der Waals surface area contributed by atoms with Crippen molar-refractivity contribution in [1.29, 1.82) is 5.41 Å². The predicted molar refractivity (Wildman–Crippen MR) is 125 cm³/mol. The van der Waals surface area contributed by atoms with Crippen LogP contribution in [-0.2, 0) is 4.79 Å². The Balaban J connectivity index is 1.77. The number of hydrogen-bond donors (Lipinski definition) is 1. The fourth-order valence-corrected chi connectivity index (χ4v) is 4.55. The van der Waals surface area contributed by atoms with Crippen LogP contribution in [0.5, 0.6) is 0 Å². The number of rotatable bonds is 3. The van der Waals surface area contributed by atoms with Crippen LogP contribution in [0.1, 0.15) is 41.9 Å². The summed E-state index contributed by atoms with van der Waals surface area (Å²) in [6, 6.07) is 8.44. The topological polar surface area (TPSA) is 73.8 Å². The fourth-order valence-electron chi connectivity index (χ4n) is 3.66. The van der Waals surface area contributed by atoms with Crippen LogP contribution >= 0.6 is 11.8 Å². The Morgan fingerprint density at radius 1 is 1.13 bits per heavy atom. The van der Waals surface area contributed by atoms with Gasteiger partial charge in [0.25, 0.3) is 5.91 Å². The minimum Gasteiger partial charge on any atom is -0.318 e. The van der Waals surface area contributed by atoms with Gasteiger partial charge in [0.1, 0.15) is 5.04 Å². The molecular formula is C23H25N5OS. The molecule has 0 fully saturated rings. The summed E-state index contributed by atoms with van der Waals surface area (Å²) >= 11 is 1.36. The summed E-state index contributed by atoms with van der Waals surface area (Å²) in [4.78, 5) is 16.9. The number of carbonyl (C=O) groups excluding carboxylic acids is 1. The molecule has 1 amide bonds. The SMILES string of the molecule is Cc1ccc(C)c(-n2c(C)cc(/C=C3\C(=N)N4N=C(C(C)C)SC4=NC3=O)c2C)c1. The van der Waals surface area contributed by atoms with Crippen LogP contribution in [0.4, 0.5) is 0 Å². The average molecular weight is 420 g/mol. The third-order valence-electron chi connectivity index (χ3n) is 5.34. The number of aliphatic imine (C=N–C) groups is 1. The van der Waals surface area contributed by atoms with Gasteiger partial charge in [-0.15, -0.1) is 0 Å². The Labute approximate surface area is 180 Å². The van der Waals surface area contributed by atoms with Crippen LogP contribution in [0.25, 0.3) is 11.8 Å². The lowest BCUT2D eigenvalue weighted by Crippen LogP contribution is -2.35. The Bertz CT molecular complexity index is 1180. The molecule has 30 heavy (non-hydrogen) atoms. The van der Waals surface area contributed by atoms with Gasteiger partial charge in [-0.05, 0) is 74.4 Å². The number of carbonyl (C=O) groups is 1. The van der Waals surface area contributed by atoms with E-state index in [-0.39, 0.29) is 17.3 Å². The molecule has 7 heteroatoms. The number of aromatic nitrogens is 1. The van der Waals surface area contributed by atoms with E-state index in [1.807, 2.05) is 26.8 Å². The van der Waals surface area contributed by atoms with Crippen molar-refractivity contribution in [2.45, 2.75) is 41.5 Å². The first-order valence-electron chi connectivity index (χ1n) is 9.94. The molecule has 2 aliphatic rings. The van der Waals surface area contributed by atoms with Gasteiger partial charge in [-0.3, -0.25) is 10.2 Å². The van der Waals surface area contributed by atoms with Crippen LogP contribution in [0.15, 0.2) is 39.9 Å². The molecule has 2 aromatic rings. The maximum atomic E-state index is 12.7. The van der Waals surface area contributed by atoms with Crippen LogP contribution in [0.2, 0.25) is 0 Å². The number of hydrazone groups is 1. The van der Waals surface area contributed by atoms with Gasteiger partial charge in [-0.25, -0.2) is 0 Å². The fraction of sp³-hybridized carbons (Fsp3) is 0.304. The summed E-state index contributed by atoms with van der Waals surface area (Å²) in [6.07, 6.45) is 1.77. The van der Waals surface area contributed by atoms with Gasteiger partial charge >= 0.3 is 0 Å². The number of nitrogens with zero attached hydrogens (tertiary/aromatic N) is 4. The van der Waals surface area contributed by atoms with Gasteiger partial charge in [-0.2, -0.15) is 15.1 Å². The zero-order valence-corrected chi connectivity index (χ0v) is 18.9. The van der Waals surface area contributed by atoms with Crippen LogP contribution in [0, 0.1) is 39.0 Å². The van der Waals surface area contributed by atoms with Crippen molar-refractivity contribution in [2.24, 2.45) is 16.0 Å². The van der Waals surface area contributed by atoms with Crippen molar-refractivity contribution in [3.05, 3.63) is 57.9 Å². The van der Waals surface area contributed by atoms with E-state index in [2.05, 4.69) is 53.6 Å². The highest BCUT2D eigenvalue weighted by atomic mass is 32.2. The zero-order chi connectivity index (χ0) is 21.7. The summed E-state index contributed by atoms with van der Waals surface area (Å²) in [5.41, 5.74) is 6.76. The number of amides is 1. The molecular weight excluding hydrogens is 394 g/mol. The lowest BCUT2D eigenvalue weighted by molar-refractivity contribution is -0.114. The second-order valence-electron chi connectivity index (χ2n) is 8.06. The van der Waals surface area contributed by atoms with Gasteiger partial charge in [0, 0.05) is 23.0 Å². The molecule has 1 aromatic heterocycles. The molecule has 0 atom stereocenters. The van der Waals surface area contributed by atoms with Crippen LogP contribution in [-0.4, -0.2) is 31.5 Å². The lowest BCUT2D eigenvalue weighted by atomic mass is 10.1. The molecule has 0 spiro atoms. The molecule has 0 bridgehead atoms. The Hall–Kier alpha value is -2.93. The Morgan fingerprint density at radius 2 is 1.87 bits per heavy atom. The molecule has 0 aliphatic carbocycles. The molecule has 0 saturated carbocycles. The maximum absolute atomic E-state index is 12.7. The molecule has 2 aliphatic heterocycles. The number of hydrogen-bond acceptors (Lipinski definition) is 4. The Morgan fingerprint density at radius 3 is 2.57 bits per heavy atom. The van der Waals surface area contributed by atoms with Gasteiger partial charge in [0.05, 0.1) is 5.57 Å². The maximum Gasteiger partial charge on any atom is 0.283 e. The molecule has 0 radical (unpaired) electrons. The first-order chi connectivity index (χ1) is 14.2. The minimum absolute atomic E-state index is 0.0738. The highest BCUT2D eigenvalue weighted by molar-refractivity contribution is 8.27. The van der Waals surface area contributed by atoms with Crippen LogP contribution in [0.3, 0.4) is 0 Å². The van der Waals surface area contributed by atoms with E-state index >= 15 is 0 Å². The van der Waals surface area contributed by atoms with E-state index in [1.54, 1.807) is 6.08 Å². The number of amidine groups is 2. The summed E-state index contributed by atoms with van der Waals surface area (Å²) in [5.74, 6) is -0.102. The van der Waals surface area contributed by atoms with Gasteiger partial charge in [0.2, 0.25) is 5.17 Å². The largest absolute Gasteiger partial charge is 0.318 e. The molecule has 0 unspecified atom stereocenters. The van der Waals surface area contributed by atoms with E-state index in [1.165, 1.54) is 27.9 Å². The van der Waals surface area contributed by atoms with Gasteiger partial charge < -0.3 is 4.57 Å². The molecule has 4 rings (SSSR count). The molecule has 154 valence electrons. The predicted octanol–water partition coefficient (Wildman–Crippen LogP) is 4.99. The molecule has 0 saturated heterocycles. The number of thioether (sulfide) groups is 1. The standard InChI is InChI=1S/C23H25N5OS/c1-12(2)22-26-28-20(24)18(21(29)25-23(28)30-22)11-17-10-15(5)27(16(17)6)19-9-13(3)7-8-14(19)4/h7-12,24H,1-6H3/b18-11+,24-20?. The first kappa shape index (κ1) is 20.3. The lowest BCUT2D eigenvalue weighted by Gasteiger charge is -2.20. The monoisotopic (exact) mass is 419 g/mol. The smallest absolute Gasteiger partial charge is 0.283 e. The zero-order valence-electron chi connectivity index (χ0n) is 18.1. The van der Waals surface area contributed by atoms with Crippen LogP contribution < -0.4 is 0 Å². The van der Waals surface area contributed by atoms with E-state index < -0.39 is 5.91 Å². The summed E-state index contributed by atoms with van der Waals surface area (Å²) in [5, 5.41) is 15.9. The summed E-state index contributed by atoms with van der Waals surface area (Å²) in [6.45, 7) is 12.3. The summed E-state index contributed by atoms with van der Waals surface area (Å²) in [7, 11) is 0. The van der Waals surface area contributed by atoms with Crippen molar-refractivity contribution >= 4 is 39.8 Å². The number of fused-ring (bicyclic) bond motifs is 1. The molecule has 1 N–H and O–H groups in total. The van der Waals surface area contributed by atoms with Crippen molar-refractivity contribution in [3.8, 4) is 5.69 Å². The number of benzene rings is 1. The van der Waals surface area contributed by atoms with Crippen molar-refractivity contribution in [3.63, 3.8) is 0 Å². The minimum atomic E-state index is -0.393. The third-order valence-corrected chi connectivity index (χ3v) is 6.55. The second-order valence-corrected chi connectivity index (χ2v) is 9.05. The van der Waals surface area contributed by atoms with E-state index in [0.717, 1.165) is 27.7 Å². The molecule has 1 aromatic carbocycles. The van der Waals surface area contributed by atoms with E-state index in [0.29, 0.717) is 5.17 Å². The third kappa shape index (κ3) is 3.33. The first-order valence-corrected chi connectivity index (χ1v) is 10.8. The summed E-state index contributed by atoms with van der Waals surface area (Å²) < 4.78 is 2.20. The highest BCUT2D eigenvalue weighted by Gasteiger charge is 2.36. The van der Waals surface area contributed by atoms with Gasteiger partial charge in [-0.1, -0.05) is 26.0 Å². The van der Waals surface area contributed by atoms with Crippen molar-refractivity contribution < 1.29 is 4.79 Å². The van der Waals surface area contributed by atoms with Crippen molar-refractivity contribution in [2.75, 3.05) is 0 Å². The van der Waals surface area contributed by atoms with Gasteiger partial charge in [0.15, 0.2) is 5.84 Å². The second kappa shape index (κ2) is 7.40. The Kier molecular flexibility index (Phi) is 5.02. The highest BCUT2D eigenvalue weighted by Crippen LogP contribution is 2.32. The van der Waals surface area contributed by atoms with E-state index in [4.69, 9.17) is 5.41 Å². The van der Waals surface area contributed by atoms with Crippen molar-refractivity contribution in [1.82, 2.24) is 9.58 Å². The number of aryl methyl sites for hydroxylation is 3. The molecule has 3 heterocycles. The molecule has 6 nitrogen and oxygen atoms in total. The number of nitrogens with one attached hydrogen (secondary N) is 1. The quantitative estimate of drug-likeness (QED) is 0.713. The van der Waals surface area contributed by atoms with E-state index in [9.17, 15) is 4.79 Å².